The molecule has 82 valence electrons. The molecule has 0 saturated carbocycles. The molecule has 0 spiro atoms. The molecule has 1 aromatic rings. The number of nitrogens with one attached hydrogen (secondary N) is 1. The highest BCUT2D eigenvalue weighted by Crippen LogP contribution is 2.16. The number of aromatic nitrogens is 2. The maximum absolute atomic E-state index is 12.9. The van der Waals surface area contributed by atoms with E-state index >= 15 is 0 Å². The molecule has 0 bridgehead atoms. The molecule has 2 rings (SSSR count). The number of nitrogens with zero attached hydrogens (tertiary/aromatic N) is 2. The fourth-order valence-electron chi connectivity index (χ4n) is 1.59. The number of rotatable bonds is 2. The van der Waals surface area contributed by atoms with Gasteiger partial charge in [0.1, 0.15) is 11.9 Å². The first-order chi connectivity index (χ1) is 7.20. The molecule has 0 aromatic carbocycles. The first-order valence-electron chi connectivity index (χ1n) is 4.73. The molecule has 1 fully saturated rings. The summed E-state index contributed by atoms with van der Waals surface area (Å²) in [7, 11) is 1.47. The monoisotopic (exact) mass is 213 g/mol. The van der Waals surface area contributed by atoms with Gasteiger partial charge in [0.15, 0.2) is 0 Å². The highest BCUT2D eigenvalue weighted by Gasteiger charge is 2.27. The largest absolute Gasteiger partial charge is 0.480 e. The van der Waals surface area contributed by atoms with Crippen LogP contribution in [0.1, 0.15) is 16.9 Å². The zero-order valence-corrected chi connectivity index (χ0v) is 8.36. The molecule has 6 heteroatoms. The lowest BCUT2D eigenvalue weighted by Crippen LogP contribution is -2.29. The summed E-state index contributed by atoms with van der Waals surface area (Å²) >= 11 is 0. The molecule has 1 aromatic heterocycles. The number of likely N-dealkylation sites (tertiary alicyclic amines) is 1. The SMILES string of the molecule is COc1cc(C(=O)N2CC[C@H](F)C2)[nH]n1. The van der Waals surface area contributed by atoms with Crippen LogP contribution in [-0.2, 0) is 0 Å². The van der Waals surface area contributed by atoms with Gasteiger partial charge in [-0.1, -0.05) is 0 Å². The maximum Gasteiger partial charge on any atom is 0.272 e. The number of alkyl halides is 1. The first-order valence-corrected chi connectivity index (χ1v) is 4.73. The van der Waals surface area contributed by atoms with Gasteiger partial charge in [-0.2, -0.15) is 0 Å². The van der Waals surface area contributed by atoms with E-state index in [0.717, 1.165) is 0 Å². The van der Waals surface area contributed by atoms with E-state index in [-0.39, 0.29) is 12.5 Å². The number of carbonyl (C=O) groups is 1. The first kappa shape index (κ1) is 9.95. The van der Waals surface area contributed by atoms with Gasteiger partial charge >= 0.3 is 0 Å². The lowest BCUT2D eigenvalue weighted by Gasteiger charge is -2.12. The predicted molar refractivity (Wildman–Crippen MR) is 50.6 cm³/mol. The van der Waals surface area contributed by atoms with Crippen molar-refractivity contribution < 1.29 is 13.9 Å². The summed E-state index contributed by atoms with van der Waals surface area (Å²) in [5.74, 6) is 0.125. The standard InChI is InChI=1S/C9H12FN3O2/c1-15-8-4-7(11-12-8)9(14)13-3-2-6(10)5-13/h4,6H,2-3,5H2,1H3,(H,11,12)/t6-/m0/s1. The molecule has 5 nitrogen and oxygen atoms in total. The van der Waals surface area contributed by atoms with E-state index in [4.69, 9.17) is 4.74 Å². The van der Waals surface area contributed by atoms with Gasteiger partial charge in [-0.05, 0) is 6.42 Å². The predicted octanol–water partition coefficient (Wildman–Crippen LogP) is 0.602. The van der Waals surface area contributed by atoms with Crippen LogP contribution < -0.4 is 4.74 Å². The lowest BCUT2D eigenvalue weighted by molar-refractivity contribution is 0.0777. The van der Waals surface area contributed by atoms with Gasteiger partial charge in [0, 0.05) is 12.6 Å². The molecule has 2 heterocycles. The Bertz CT molecular complexity index is 366. The molecule has 1 aliphatic heterocycles. The minimum atomic E-state index is -0.904. The van der Waals surface area contributed by atoms with E-state index in [9.17, 15) is 9.18 Å². The average Bonchev–Trinajstić information content (AvgIpc) is 2.84. The second-order valence-electron chi connectivity index (χ2n) is 3.46. The summed E-state index contributed by atoms with van der Waals surface area (Å²) in [5.41, 5.74) is 0.334. The van der Waals surface area contributed by atoms with Crippen molar-refractivity contribution in [2.75, 3.05) is 20.2 Å². The summed E-state index contributed by atoms with van der Waals surface area (Å²) in [6.07, 6.45) is -0.490. The molecule has 1 amide bonds. The van der Waals surface area contributed by atoms with Crippen molar-refractivity contribution in [2.45, 2.75) is 12.6 Å². The second kappa shape index (κ2) is 3.88. The molecule has 1 saturated heterocycles. The van der Waals surface area contributed by atoms with Crippen molar-refractivity contribution in [3.63, 3.8) is 0 Å². The maximum atomic E-state index is 12.9. The van der Waals surface area contributed by atoms with Crippen molar-refractivity contribution >= 4 is 5.91 Å². The summed E-state index contributed by atoms with van der Waals surface area (Å²) < 4.78 is 17.7. The summed E-state index contributed by atoms with van der Waals surface area (Å²) in [5, 5.41) is 6.32. The van der Waals surface area contributed by atoms with Crippen LogP contribution in [-0.4, -0.2) is 47.4 Å². The number of H-pyrrole nitrogens is 1. The summed E-state index contributed by atoms with van der Waals surface area (Å²) in [6.45, 7) is 0.626. The minimum Gasteiger partial charge on any atom is -0.480 e. The van der Waals surface area contributed by atoms with Crippen LogP contribution in [0.15, 0.2) is 6.07 Å². The Morgan fingerprint density at radius 2 is 2.60 bits per heavy atom. The van der Waals surface area contributed by atoms with Crippen LogP contribution in [0.5, 0.6) is 5.88 Å². The fourth-order valence-corrected chi connectivity index (χ4v) is 1.59. The minimum absolute atomic E-state index is 0.167. The zero-order chi connectivity index (χ0) is 10.8. The van der Waals surface area contributed by atoms with Gasteiger partial charge in [0.05, 0.1) is 13.7 Å². The number of hydrogen-bond acceptors (Lipinski definition) is 3. The zero-order valence-electron chi connectivity index (χ0n) is 8.36. The fraction of sp³-hybridized carbons (Fsp3) is 0.556. The molecular formula is C9H12FN3O2. The number of aromatic amines is 1. The number of halogens is 1. The number of carbonyl (C=O) groups excluding carboxylic acids is 1. The topological polar surface area (TPSA) is 58.2 Å². The third-order valence-corrected chi connectivity index (χ3v) is 2.41. The molecule has 0 aliphatic carbocycles. The van der Waals surface area contributed by atoms with E-state index in [1.165, 1.54) is 18.1 Å². The van der Waals surface area contributed by atoms with E-state index in [2.05, 4.69) is 10.2 Å². The molecular weight excluding hydrogens is 201 g/mol. The normalized spacial score (nSPS) is 20.7. The third kappa shape index (κ3) is 1.93. The average molecular weight is 213 g/mol. The van der Waals surface area contributed by atoms with Gasteiger partial charge in [-0.15, -0.1) is 5.10 Å². The molecule has 0 radical (unpaired) electrons. The smallest absolute Gasteiger partial charge is 0.272 e. The Morgan fingerprint density at radius 3 is 3.13 bits per heavy atom. The van der Waals surface area contributed by atoms with Crippen molar-refractivity contribution in [3.8, 4) is 5.88 Å². The van der Waals surface area contributed by atoms with Crippen LogP contribution in [0.3, 0.4) is 0 Å². The van der Waals surface area contributed by atoms with Gasteiger partial charge in [-0.3, -0.25) is 9.89 Å². The van der Waals surface area contributed by atoms with Gasteiger partial charge < -0.3 is 9.64 Å². The van der Waals surface area contributed by atoms with Gasteiger partial charge in [0.25, 0.3) is 5.91 Å². The Morgan fingerprint density at radius 1 is 1.80 bits per heavy atom. The Labute approximate surface area is 86.2 Å². The van der Waals surface area contributed by atoms with E-state index in [1.807, 2.05) is 0 Å². The third-order valence-electron chi connectivity index (χ3n) is 2.41. The van der Waals surface area contributed by atoms with Crippen molar-refractivity contribution in [2.24, 2.45) is 0 Å². The van der Waals surface area contributed by atoms with Crippen molar-refractivity contribution in [1.82, 2.24) is 15.1 Å². The Balaban J connectivity index is 2.07. The highest BCUT2D eigenvalue weighted by atomic mass is 19.1. The highest BCUT2D eigenvalue weighted by molar-refractivity contribution is 5.92. The Hall–Kier alpha value is -1.59. The Kier molecular flexibility index (Phi) is 2.57. The van der Waals surface area contributed by atoms with Crippen molar-refractivity contribution in [3.05, 3.63) is 11.8 Å². The number of amides is 1. The molecule has 1 N–H and O–H groups in total. The quantitative estimate of drug-likeness (QED) is 0.782. The molecule has 15 heavy (non-hydrogen) atoms. The summed E-state index contributed by atoms with van der Waals surface area (Å²) in [4.78, 5) is 13.2. The number of hydrogen-bond donors (Lipinski definition) is 1. The second-order valence-corrected chi connectivity index (χ2v) is 3.46. The van der Waals surface area contributed by atoms with Gasteiger partial charge in [-0.25, -0.2) is 4.39 Å². The van der Waals surface area contributed by atoms with E-state index in [0.29, 0.717) is 24.5 Å². The summed E-state index contributed by atoms with van der Waals surface area (Å²) in [6, 6.07) is 1.51. The molecule has 0 unspecified atom stereocenters. The number of ether oxygens (including phenoxy) is 1. The van der Waals surface area contributed by atoms with Gasteiger partial charge in [0.2, 0.25) is 5.88 Å². The molecule has 1 aliphatic rings. The number of methoxy groups -OCH3 is 1. The van der Waals surface area contributed by atoms with Crippen LogP contribution in [0.4, 0.5) is 4.39 Å². The lowest BCUT2D eigenvalue weighted by atomic mass is 10.3. The van der Waals surface area contributed by atoms with Crippen LogP contribution in [0.2, 0.25) is 0 Å². The van der Waals surface area contributed by atoms with E-state index < -0.39 is 6.17 Å². The van der Waals surface area contributed by atoms with E-state index in [1.54, 1.807) is 0 Å². The van der Waals surface area contributed by atoms with Crippen LogP contribution >= 0.6 is 0 Å². The molecule has 1 atom stereocenters. The van der Waals surface area contributed by atoms with Crippen LogP contribution in [0.25, 0.3) is 0 Å². The van der Waals surface area contributed by atoms with Crippen molar-refractivity contribution in [1.29, 1.82) is 0 Å². The van der Waals surface area contributed by atoms with Crippen LogP contribution in [0, 0.1) is 0 Å².